The summed E-state index contributed by atoms with van der Waals surface area (Å²) >= 11 is 0. The van der Waals surface area contributed by atoms with E-state index in [1.54, 1.807) is 31.7 Å². The molecule has 32 heteroatoms. The molecule has 32 nitrogen and oxygen atoms in total. The molecule has 2 saturated heterocycles. The fourth-order valence-corrected chi connectivity index (χ4v) is 10.1. The van der Waals surface area contributed by atoms with E-state index in [9.17, 15) is 73.2 Å². The van der Waals surface area contributed by atoms with Gasteiger partial charge in [0.25, 0.3) is 0 Å². The number of carbonyl (C=O) groups is 11. The van der Waals surface area contributed by atoms with Crippen LogP contribution in [0.15, 0.2) is 71.7 Å². The van der Waals surface area contributed by atoms with Crippen molar-refractivity contribution >= 4 is 81.9 Å². The molecule has 2 aliphatic rings. The number of aliphatic imine (C=N–C) groups is 1. The number of phenols is 1. The van der Waals surface area contributed by atoms with Crippen LogP contribution in [0.2, 0.25) is 0 Å². The average Bonchev–Trinajstić information content (AvgIpc) is 1.16. The van der Waals surface area contributed by atoms with E-state index in [2.05, 4.69) is 42.2 Å². The number of carboxylic acid groups (broad SMARTS) is 3. The Morgan fingerprint density at radius 3 is 1.74 bits per heavy atom. The molecule has 8 amide bonds. The third-order valence-corrected chi connectivity index (χ3v) is 15.0. The Balaban J connectivity index is 1.12. The summed E-state index contributed by atoms with van der Waals surface area (Å²) in [5.74, 6) is -8.70. The maximum absolute atomic E-state index is 14.6. The van der Waals surface area contributed by atoms with Crippen molar-refractivity contribution in [1.29, 1.82) is 0 Å². The van der Waals surface area contributed by atoms with Gasteiger partial charge in [0.1, 0.15) is 36.5 Å². The van der Waals surface area contributed by atoms with Crippen molar-refractivity contribution in [3.8, 4) is 5.75 Å². The number of carboxylic acids is 3. The second-order valence-electron chi connectivity index (χ2n) is 22.2. The zero-order valence-corrected chi connectivity index (χ0v) is 51.7. The standard InChI is InChI=1S/C60H87N15O17/c1-71-48(9-5-16-63-49(77)33-66-52(80)39-92-29-28-91-27-18-64-51(79)35-72-19-21-73(36-53(81)82)23-25-75(38-55(85)86)26-24-74(22-20-72)37-54(83)84)58(89)69-45(8-4-17-65-60(61)62)57(88)70-46(32-41-10-13-42-6-2-3-7-43(42)30-41)56(87)67-34-50(78)68-47(59(71)90)31-40-11-14-44(76)15-12-40/h2-3,6-7,10-15,30,45-48,76H,4-5,8-9,16-29,31-39H2,1H3,(H,63,77)(H,64,79)(H,66,80)(H,67,87)(H,68,78)(H,69,89)(H,70,88)(H,81,82)(H,83,84)(H,85,86)(H4,61,62,65). The van der Waals surface area contributed by atoms with Gasteiger partial charge < -0.3 is 83.5 Å². The molecule has 0 saturated carbocycles. The summed E-state index contributed by atoms with van der Waals surface area (Å²) in [6.07, 6.45) is 0.0942. The molecule has 3 aromatic rings. The van der Waals surface area contributed by atoms with Crippen LogP contribution in [0.1, 0.15) is 36.8 Å². The largest absolute Gasteiger partial charge is 0.508 e. The molecule has 3 aromatic carbocycles. The number of aliphatic carboxylic acids is 3. The number of hydrogen-bond donors (Lipinski definition) is 13. The van der Waals surface area contributed by atoms with Gasteiger partial charge in [-0.1, -0.05) is 54.6 Å². The number of amides is 8. The van der Waals surface area contributed by atoms with Gasteiger partial charge in [-0.2, -0.15) is 0 Å². The molecule has 2 heterocycles. The lowest BCUT2D eigenvalue weighted by atomic mass is 10.00. The monoisotopic (exact) mass is 1290 g/mol. The molecule has 0 aliphatic carbocycles. The topological polar surface area (TPSA) is 452 Å². The number of likely N-dealkylation sites (N-methyl/N-ethyl adjacent to an activating group) is 1. The number of nitrogens with zero attached hydrogens (tertiary/aromatic N) is 6. The SMILES string of the molecule is CN1C(=O)C(Cc2ccc(O)cc2)NC(=O)CNC(=O)C(Cc2ccc3ccccc3c2)NC(=O)C(CCCN=C(N)N)NC(=O)C1CCCNC(=O)CNC(=O)COCCOCCNC(=O)CN1CCN(CC(=O)O)CCN(CC(=O)O)CCN(CC(=O)O)CC1. The van der Waals surface area contributed by atoms with Crippen LogP contribution in [0.25, 0.3) is 10.8 Å². The summed E-state index contributed by atoms with van der Waals surface area (Å²) in [6, 6.07) is 13.9. The fraction of sp³-hybridized carbons (Fsp3) is 0.533. The van der Waals surface area contributed by atoms with E-state index in [0.717, 1.165) is 15.7 Å². The molecule has 5 rings (SSSR count). The first-order valence-corrected chi connectivity index (χ1v) is 30.3. The van der Waals surface area contributed by atoms with Crippen molar-refractivity contribution in [3.05, 3.63) is 77.9 Å². The number of hydrogen-bond acceptors (Lipinski definition) is 19. The number of phenolic OH excluding ortho intramolecular Hbond substituents is 1. The van der Waals surface area contributed by atoms with Gasteiger partial charge in [0.05, 0.1) is 59.1 Å². The summed E-state index contributed by atoms with van der Waals surface area (Å²) in [5, 5.41) is 58.8. The van der Waals surface area contributed by atoms with E-state index in [4.69, 9.17) is 20.9 Å². The molecule has 4 atom stereocenters. The number of aromatic hydroxyl groups is 1. The van der Waals surface area contributed by atoms with Crippen LogP contribution in [-0.2, 0) is 75.1 Å². The third-order valence-electron chi connectivity index (χ3n) is 15.0. The van der Waals surface area contributed by atoms with Gasteiger partial charge in [-0.25, -0.2) is 0 Å². The van der Waals surface area contributed by atoms with E-state index in [1.165, 1.54) is 19.2 Å². The number of fused-ring (bicyclic) bond motifs is 1. The summed E-state index contributed by atoms with van der Waals surface area (Å²) in [7, 11) is 1.36. The zero-order valence-electron chi connectivity index (χ0n) is 51.7. The highest BCUT2D eigenvalue weighted by Crippen LogP contribution is 2.19. The van der Waals surface area contributed by atoms with Crippen LogP contribution in [0.5, 0.6) is 5.75 Å². The van der Waals surface area contributed by atoms with Gasteiger partial charge >= 0.3 is 17.9 Å². The van der Waals surface area contributed by atoms with Crippen LogP contribution >= 0.6 is 0 Å². The van der Waals surface area contributed by atoms with E-state index >= 15 is 0 Å². The summed E-state index contributed by atoms with van der Waals surface area (Å²) in [4.78, 5) is 156. The number of ether oxygens (including phenoxy) is 2. The minimum absolute atomic E-state index is 0.00657. The molecular weight excluding hydrogens is 1200 g/mol. The van der Waals surface area contributed by atoms with Crippen molar-refractivity contribution in [2.45, 2.75) is 62.7 Å². The molecule has 15 N–H and O–H groups in total. The Hall–Kier alpha value is -9.08. The molecule has 2 aliphatic heterocycles. The zero-order chi connectivity index (χ0) is 67.0. The predicted molar refractivity (Wildman–Crippen MR) is 333 cm³/mol. The Morgan fingerprint density at radius 1 is 0.576 bits per heavy atom. The van der Waals surface area contributed by atoms with Crippen LogP contribution in [-0.4, -0.2) is 285 Å². The highest BCUT2D eigenvalue weighted by molar-refractivity contribution is 5.97. The molecular formula is C60H87N15O17. The number of carbonyl (C=O) groups excluding carboxylic acids is 8. The van der Waals surface area contributed by atoms with Crippen LogP contribution < -0.4 is 48.7 Å². The lowest BCUT2D eigenvalue weighted by molar-refractivity contribution is -0.142. The second-order valence-corrected chi connectivity index (χ2v) is 22.2. The molecule has 0 radical (unpaired) electrons. The minimum atomic E-state index is -1.31. The molecule has 504 valence electrons. The first-order valence-electron chi connectivity index (χ1n) is 30.3. The van der Waals surface area contributed by atoms with Gasteiger partial charge in [-0.05, 0) is 59.7 Å². The van der Waals surface area contributed by atoms with Crippen LogP contribution in [0.4, 0.5) is 0 Å². The van der Waals surface area contributed by atoms with Gasteiger partial charge in [0.2, 0.25) is 47.3 Å². The number of guanidine groups is 1. The Morgan fingerprint density at radius 2 is 1.13 bits per heavy atom. The van der Waals surface area contributed by atoms with E-state index in [-0.39, 0.29) is 174 Å². The molecule has 4 unspecified atom stereocenters. The van der Waals surface area contributed by atoms with Gasteiger partial charge in [0, 0.05) is 91.9 Å². The quantitative estimate of drug-likeness (QED) is 0.0170. The smallest absolute Gasteiger partial charge is 0.317 e. The lowest BCUT2D eigenvalue weighted by Crippen LogP contribution is -2.58. The third kappa shape index (κ3) is 28.0. The van der Waals surface area contributed by atoms with E-state index < -0.39 is 103 Å². The Labute approximate surface area is 532 Å². The summed E-state index contributed by atoms with van der Waals surface area (Å²) in [6.45, 7) is -0.166. The fourth-order valence-electron chi connectivity index (χ4n) is 10.1. The van der Waals surface area contributed by atoms with Crippen LogP contribution in [0.3, 0.4) is 0 Å². The molecule has 0 spiro atoms. The number of rotatable bonds is 30. The van der Waals surface area contributed by atoms with E-state index in [0.29, 0.717) is 11.1 Å². The number of nitrogens with two attached hydrogens (primary N) is 2. The first kappa shape index (κ1) is 73.7. The van der Waals surface area contributed by atoms with Gasteiger partial charge in [-0.15, -0.1) is 0 Å². The first-order chi connectivity index (χ1) is 44.0. The normalized spacial score (nSPS) is 19.1. The Bertz CT molecular complexity index is 2980. The Kier molecular flexibility index (Phi) is 31.4. The van der Waals surface area contributed by atoms with Gasteiger partial charge in [0.15, 0.2) is 5.96 Å². The maximum Gasteiger partial charge on any atom is 0.317 e. The molecule has 0 bridgehead atoms. The second kappa shape index (κ2) is 39.2. The van der Waals surface area contributed by atoms with Crippen LogP contribution in [0, 0.1) is 0 Å². The van der Waals surface area contributed by atoms with Crippen molar-refractivity contribution < 1.29 is 82.6 Å². The maximum atomic E-state index is 14.6. The van der Waals surface area contributed by atoms with E-state index in [1.807, 2.05) is 42.5 Å². The number of benzene rings is 3. The van der Waals surface area contributed by atoms with Crippen molar-refractivity contribution in [2.24, 2.45) is 16.5 Å². The summed E-state index contributed by atoms with van der Waals surface area (Å²) < 4.78 is 10.9. The summed E-state index contributed by atoms with van der Waals surface area (Å²) in [5.41, 5.74) is 12.3. The minimum Gasteiger partial charge on any atom is -0.508 e. The predicted octanol–water partition coefficient (Wildman–Crippen LogP) is -4.57. The molecule has 92 heavy (non-hydrogen) atoms. The lowest BCUT2D eigenvalue weighted by Gasteiger charge is -2.32. The average molecular weight is 1290 g/mol. The number of nitrogens with one attached hydrogen (secondary N) is 7. The van der Waals surface area contributed by atoms with Crippen molar-refractivity contribution in [3.63, 3.8) is 0 Å². The van der Waals surface area contributed by atoms with Gasteiger partial charge in [-0.3, -0.25) is 77.3 Å². The van der Waals surface area contributed by atoms with Crippen molar-refractivity contribution in [2.75, 3.05) is 145 Å². The van der Waals surface area contributed by atoms with Crippen molar-refractivity contribution in [1.82, 2.24) is 61.7 Å². The molecule has 0 aromatic heterocycles. The molecule has 2 fully saturated rings. The highest BCUT2D eigenvalue weighted by Gasteiger charge is 2.36. The highest BCUT2D eigenvalue weighted by atomic mass is 16.5.